The molecule has 4 aromatic rings. The Balaban J connectivity index is 1.76. The lowest BCUT2D eigenvalue weighted by atomic mass is 10.0. The van der Waals surface area contributed by atoms with Gasteiger partial charge in [0.1, 0.15) is 11.4 Å². The van der Waals surface area contributed by atoms with Gasteiger partial charge in [0, 0.05) is 40.2 Å². The highest BCUT2D eigenvalue weighted by molar-refractivity contribution is 7.92. The van der Waals surface area contributed by atoms with Crippen LogP contribution in [0.1, 0.15) is 0 Å². The van der Waals surface area contributed by atoms with Crippen molar-refractivity contribution < 1.29 is 13.2 Å². The molecule has 7 heteroatoms. The molecule has 142 valence electrons. The number of aromatic amines is 1. The molecule has 0 unspecified atom stereocenters. The fourth-order valence-electron chi connectivity index (χ4n) is 3.20. The minimum atomic E-state index is -3.30. The summed E-state index contributed by atoms with van der Waals surface area (Å²) in [4.78, 5) is 7.74. The zero-order chi connectivity index (χ0) is 19.7. The fourth-order valence-corrected chi connectivity index (χ4v) is 3.76. The second-order valence-corrected chi connectivity index (χ2v) is 8.22. The molecular formula is C21H19N3O3S. The number of fused-ring (bicyclic) bond motifs is 1. The second-order valence-electron chi connectivity index (χ2n) is 6.47. The van der Waals surface area contributed by atoms with Crippen molar-refractivity contribution in [2.75, 3.05) is 18.1 Å². The lowest BCUT2D eigenvalue weighted by Crippen LogP contribution is -2.09. The highest BCUT2D eigenvalue weighted by Gasteiger charge is 2.12. The number of aromatic nitrogens is 2. The van der Waals surface area contributed by atoms with E-state index in [4.69, 9.17) is 4.74 Å². The van der Waals surface area contributed by atoms with Gasteiger partial charge in [-0.25, -0.2) is 13.4 Å². The topological polar surface area (TPSA) is 84.1 Å². The van der Waals surface area contributed by atoms with Crippen LogP contribution in [-0.4, -0.2) is 31.8 Å². The summed E-state index contributed by atoms with van der Waals surface area (Å²) in [5, 5.41) is 0.986. The first-order valence-corrected chi connectivity index (χ1v) is 10.5. The first-order valence-electron chi connectivity index (χ1n) is 8.63. The van der Waals surface area contributed by atoms with E-state index >= 15 is 0 Å². The Morgan fingerprint density at radius 3 is 2.46 bits per heavy atom. The van der Waals surface area contributed by atoms with E-state index < -0.39 is 10.0 Å². The molecule has 2 aromatic heterocycles. The lowest BCUT2D eigenvalue weighted by Gasteiger charge is -2.08. The normalized spacial score (nSPS) is 11.5. The van der Waals surface area contributed by atoms with E-state index in [-0.39, 0.29) is 0 Å². The molecular weight excluding hydrogens is 374 g/mol. The highest BCUT2D eigenvalue weighted by Crippen LogP contribution is 2.36. The average Bonchev–Trinajstić information content (AvgIpc) is 3.10. The summed E-state index contributed by atoms with van der Waals surface area (Å²) in [5.41, 5.74) is 5.20. The van der Waals surface area contributed by atoms with E-state index in [0.29, 0.717) is 5.69 Å². The van der Waals surface area contributed by atoms with Gasteiger partial charge in [-0.15, -0.1) is 0 Å². The summed E-state index contributed by atoms with van der Waals surface area (Å²) in [6.07, 6.45) is 4.85. The molecule has 0 atom stereocenters. The Labute approximate surface area is 163 Å². The van der Waals surface area contributed by atoms with E-state index in [9.17, 15) is 8.42 Å². The van der Waals surface area contributed by atoms with Gasteiger partial charge < -0.3 is 9.72 Å². The number of benzene rings is 2. The van der Waals surface area contributed by atoms with Crippen LogP contribution in [0.2, 0.25) is 0 Å². The Hall–Kier alpha value is -3.32. The molecule has 0 fully saturated rings. The number of hydrogen-bond acceptors (Lipinski definition) is 4. The molecule has 2 aromatic carbocycles. The number of ether oxygens (including phenoxy) is 1. The number of para-hydroxylation sites is 1. The van der Waals surface area contributed by atoms with Crippen LogP contribution in [0, 0.1) is 0 Å². The minimum Gasteiger partial charge on any atom is -0.496 e. The monoisotopic (exact) mass is 393 g/mol. The SMILES string of the molecule is COc1ccccc1-c1c[nH]c2ncc(-c3ccc(NS(C)(=O)=O)cc3)cc12. The molecule has 6 nitrogen and oxygen atoms in total. The molecule has 0 aliphatic heterocycles. The zero-order valence-corrected chi connectivity index (χ0v) is 16.2. The van der Waals surface area contributed by atoms with Gasteiger partial charge in [-0.3, -0.25) is 4.72 Å². The quantitative estimate of drug-likeness (QED) is 0.530. The van der Waals surface area contributed by atoms with Crippen LogP contribution in [0.25, 0.3) is 33.3 Å². The van der Waals surface area contributed by atoms with Gasteiger partial charge in [0.2, 0.25) is 10.0 Å². The van der Waals surface area contributed by atoms with Crippen LogP contribution in [0.3, 0.4) is 0 Å². The van der Waals surface area contributed by atoms with Crippen LogP contribution >= 0.6 is 0 Å². The van der Waals surface area contributed by atoms with Crippen molar-refractivity contribution in [3.05, 3.63) is 67.0 Å². The maximum absolute atomic E-state index is 11.4. The Kier molecular flexibility index (Phi) is 4.52. The Morgan fingerprint density at radius 2 is 1.75 bits per heavy atom. The molecule has 4 rings (SSSR count). The first kappa shape index (κ1) is 18.1. The number of sulfonamides is 1. The van der Waals surface area contributed by atoms with Gasteiger partial charge >= 0.3 is 0 Å². The zero-order valence-electron chi connectivity index (χ0n) is 15.4. The van der Waals surface area contributed by atoms with Gasteiger partial charge in [0.15, 0.2) is 0 Å². The number of H-pyrrole nitrogens is 1. The van der Waals surface area contributed by atoms with Gasteiger partial charge in [-0.2, -0.15) is 0 Å². The predicted molar refractivity (Wildman–Crippen MR) is 112 cm³/mol. The van der Waals surface area contributed by atoms with Gasteiger partial charge in [0.05, 0.1) is 13.4 Å². The number of hydrogen-bond donors (Lipinski definition) is 2. The maximum Gasteiger partial charge on any atom is 0.229 e. The van der Waals surface area contributed by atoms with Crippen LogP contribution in [0.5, 0.6) is 5.75 Å². The third-order valence-electron chi connectivity index (χ3n) is 4.45. The molecule has 0 radical (unpaired) electrons. The summed E-state index contributed by atoms with van der Waals surface area (Å²) >= 11 is 0. The molecule has 2 heterocycles. The van der Waals surface area contributed by atoms with Crippen molar-refractivity contribution >= 4 is 26.7 Å². The molecule has 0 saturated heterocycles. The number of rotatable bonds is 5. The van der Waals surface area contributed by atoms with Crippen molar-refractivity contribution in [1.82, 2.24) is 9.97 Å². The Morgan fingerprint density at radius 1 is 1.00 bits per heavy atom. The largest absolute Gasteiger partial charge is 0.496 e. The van der Waals surface area contributed by atoms with Crippen molar-refractivity contribution in [3.63, 3.8) is 0 Å². The predicted octanol–water partition coefficient (Wildman–Crippen LogP) is 4.28. The number of nitrogens with zero attached hydrogens (tertiary/aromatic N) is 1. The molecule has 28 heavy (non-hydrogen) atoms. The summed E-state index contributed by atoms with van der Waals surface area (Å²) in [7, 11) is -1.64. The molecule has 0 amide bonds. The molecule has 0 spiro atoms. The van der Waals surface area contributed by atoms with Gasteiger partial charge in [-0.1, -0.05) is 30.3 Å². The third-order valence-corrected chi connectivity index (χ3v) is 5.06. The number of anilines is 1. The van der Waals surface area contributed by atoms with E-state index in [1.807, 2.05) is 42.6 Å². The van der Waals surface area contributed by atoms with E-state index in [0.717, 1.165) is 45.3 Å². The van der Waals surface area contributed by atoms with E-state index in [1.54, 1.807) is 25.4 Å². The van der Waals surface area contributed by atoms with Gasteiger partial charge in [0.25, 0.3) is 0 Å². The van der Waals surface area contributed by atoms with Crippen molar-refractivity contribution in [3.8, 4) is 28.0 Å². The van der Waals surface area contributed by atoms with Gasteiger partial charge in [-0.05, 0) is 29.8 Å². The van der Waals surface area contributed by atoms with E-state index in [2.05, 4.69) is 20.8 Å². The lowest BCUT2D eigenvalue weighted by molar-refractivity contribution is 0.416. The van der Waals surface area contributed by atoms with Crippen LogP contribution < -0.4 is 9.46 Å². The van der Waals surface area contributed by atoms with Crippen LogP contribution in [-0.2, 0) is 10.0 Å². The van der Waals surface area contributed by atoms with Crippen molar-refractivity contribution in [2.24, 2.45) is 0 Å². The van der Waals surface area contributed by atoms with Crippen LogP contribution in [0.4, 0.5) is 5.69 Å². The summed E-state index contributed by atoms with van der Waals surface area (Å²) in [5.74, 6) is 0.796. The number of pyridine rings is 1. The number of nitrogens with one attached hydrogen (secondary N) is 2. The van der Waals surface area contributed by atoms with E-state index in [1.165, 1.54) is 0 Å². The maximum atomic E-state index is 11.4. The standard InChI is InChI=1S/C21H19N3O3S/c1-27-20-6-4-3-5-17(20)19-13-23-21-18(19)11-15(12-22-21)14-7-9-16(10-8-14)24-28(2,25)26/h3-13,24H,1-2H3,(H,22,23). The van der Waals surface area contributed by atoms with Crippen molar-refractivity contribution in [1.29, 1.82) is 0 Å². The molecule has 2 N–H and O–H groups in total. The summed E-state index contributed by atoms with van der Waals surface area (Å²) in [6.45, 7) is 0. The van der Waals surface area contributed by atoms with Crippen molar-refractivity contribution in [2.45, 2.75) is 0 Å². The highest BCUT2D eigenvalue weighted by atomic mass is 32.2. The summed E-state index contributed by atoms with van der Waals surface area (Å²) < 4.78 is 30.7. The molecule has 0 aliphatic rings. The molecule has 0 aliphatic carbocycles. The third kappa shape index (κ3) is 3.57. The summed E-state index contributed by atoms with van der Waals surface area (Å²) in [6, 6.07) is 17.1. The number of methoxy groups -OCH3 is 1. The fraction of sp³-hybridized carbons (Fsp3) is 0.0952. The average molecular weight is 393 g/mol. The smallest absolute Gasteiger partial charge is 0.229 e. The second kappa shape index (κ2) is 7.01. The first-order chi connectivity index (χ1) is 13.4. The minimum absolute atomic E-state index is 0.525. The molecule has 0 saturated carbocycles. The van der Waals surface area contributed by atoms with Crippen LogP contribution in [0.15, 0.2) is 67.0 Å². The molecule has 0 bridgehead atoms. The Bertz CT molecular complexity index is 1250.